The molecule has 9 aliphatic rings. The first-order valence-corrected chi connectivity index (χ1v) is 23.5. The first kappa shape index (κ1) is 45.5. The number of fused-ring (bicyclic) bond motifs is 7. The molecule has 0 amide bonds. The molecule has 16 nitrogen and oxygen atoms in total. The zero-order chi connectivity index (χ0) is 43.5. The lowest BCUT2D eigenvalue weighted by molar-refractivity contribution is -0.389. The van der Waals surface area contributed by atoms with Crippen LogP contribution in [0.15, 0.2) is 0 Å². The summed E-state index contributed by atoms with van der Waals surface area (Å²) < 4.78 is 50.3. The van der Waals surface area contributed by atoms with Crippen molar-refractivity contribution in [3.63, 3.8) is 0 Å². The highest BCUT2D eigenvalue weighted by Crippen LogP contribution is 2.71. The van der Waals surface area contributed by atoms with Crippen molar-refractivity contribution >= 4 is 0 Å². The fourth-order valence-electron chi connectivity index (χ4n) is 14.6. The van der Waals surface area contributed by atoms with E-state index in [1.54, 1.807) is 0 Å². The number of rotatable bonds is 7. The van der Waals surface area contributed by atoms with Crippen LogP contribution in [0.1, 0.15) is 106 Å². The van der Waals surface area contributed by atoms with E-state index >= 15 is 0 Å². The van der Waals surface area contributed by atoms with Gasteiger partial charge in [0.25, 0.3) is 0 Å². The topological polar surface area (TPSA) is 236 Å². The van der Waals surface area contributed by atoms with E-state index in [9.17, 15) is 40.9 Å². The van der Waals surface area contributed by atoms with Gasteiger partial charge in [-0.15, -0.1) is 0 Å². The van der Waals surface area contributed by atoms with Gasteiger partial charge < -0.3 is 78.7 Å². The van der Waals surface area contributed by atoms with Gasteiger partial charge in [-0.2, -0.15) is 0 Å². The van der Waals surface area contributed by atoms with Gasteiger partial charge in [0.15, 0.2) is 24.7 Å². The molecule has 8 N–H and O–H groups in total. The van der Waals surface area contributed by atoms with Crippen molar-refractivity contribution < 1.29 is 78.7 Å². The zero-order valence-electron chi connectivity index (χ0n) is 36.7. The molecule has 0 radical (unpaired) electrons. The van der Waals surface area contributed by atoms with Crippen molar-refractivity contribution in [2.75, 3.05) is 13.2 Å². The Bertz CT molecular complexity index is 1530. The molecule has 9 rings (SSSR count). The fraction of sp³-hybridized carbons (Fsp3) is 1.00. The SMILES string of the molecule is CC1CC[C@@]2(OC1)OC1CC3C4CC[C@H]5CC(OC6OC(CO)C(OC7OC(C)C(O)C(O)C7O)C(O)C6OC6OC(C)C(O)C(O)C6O)CCC5(C)C4CCC3(C)C1[C@@H]2C. The third kappa shape index (κ3) is 7.50. The molecule has 24 unspecified atom stereocenters. The Hall–Kier alpha value is -0.640. The van der Waals surface area contributed by atoms with Crippen molar-refractivity contribution in [1.29, 1.82) is 0 Å². The summed E-state index contributed by atoms with van der Waals surface area (Å²) in [5, 5.41) is 85.9. The minimum Gasteiger partial charge on any atom is -0.394 e. The van der Waals surface area contributed by atoms with E-state index in [4.69, 9.17) is 37.9 Å². The summed E-state index contributed by atoms with van der Waals surface area (Å²) in [6.45, 7) is 12.9. The lowest BCUT2D eigenvalue weighted by Crippen LogP contribution is -2.66. The van der Waals surface area contributed by atoms with Crippen LogP contribution in [0.3, 0.4) is 0 Å². The van der Waals surface area contributed by atoms with Gasteiger partial charge >= 0.3 is 0 Å². The summed E-state index contributed by atoms with van der Waals surface area (Å²) in [6, 6.07) is 0. The van der Waals surface area contributed by atoms with E-state index in [0.29, 0.717) is 41.4 Å². The lowest BCUT2D eigenvalue weighted by atomic mass is 9.44. The van der Waals surface area contributed by atoms with Crippen LogP contribution >= 0.6 is 0 Å². The summed E-state index contributed by atoms with van der Waals surface area (Å²) in [7, 11) is 0. The molecule has 0 aromatic carbocycles. The highest BCUT2D eigenvalue weighted by atomic mass is 16.8. The van der Waals surface area contributed by atoms with Crippen LogP contribution in [0.4, 0.5) is 0 Å². The molecule has 9 fully saturated rings. The maximum Gasteiger partial charge on any atom is 0.187 e. The summed E-state index contributed by atoms with van der Waals surface area (Å²) in [5.74, 6) is 3.27. The monoisotopic (exact) mass is 870 g/mol. The first-order chi connectivity index (χ1) is 28.9. The number of ether oxygens (including phenoxy) is 8. The van der Waals surface area contributed by atoms with Gasteiger partial charge in [0.05, 0.1) is 37.6 Å². The molecule has 5 heterocycles. The molecular formula is C45H74O16. The summed E-state index contributed by atoms with van der Waals surface area (Å²) >= 11 is 0. The quantitative estimate of drug-likeness (QED) is 0.169. The zero-order valence-corrected chi connectivity index (χ0v) is 36.7. The van der Waals surface area contributed by atoms with Crippen molar-refractivity contribution in [3.8, 4) is 0 Å². The molecule has 0 aromatic heterocycles. The predicted octanol–water partition coefficient (Wildman–Crippen LogP) is 1.32. The molecule has 4 aliphatic carbocycles. The van der Waals surface area contributed by atoms with E-state index in [2.05, 4.69) is 27.7 Å². The summed E-state index contributed by atoms with van der Waals surface area (Å²) in [6.07, 6.45) is -11.0. The van der Waals surface area contributed by atoms with Gasteiger partial charge in [-0.3, -0.25) is 0 Å². The Morgan fingerprint density at radius 3 is 1.85 bits per heavy atom. The Balaban J connectivity index is 0.897. The lowest BCUT2D eigenvalue weighted by Gasteiger charge is -2.61. The van der Waals surface area contributed by atoms with Crippen LogP contribution in [-0.2, 0) is 37.9 Å². The van der Waals surface area contributed by atoms with E-state index in [-0.39, 0.29) is 23.0 Å². The van der Waals surface area contributed by atoms with Crippen LogP contribution < -0.4 is 0 Å². The Morgan fingerprint density at radius 2 is 1.23 bits per heavy atom. The fourth-order valence-corrected chi connectivity index (χ4v) is 14.6. The molecule has 4 saturated carbocycles. The molecule has 0 aromatic rings. The molecule has 1 spiro atoms. The average molecular weight is 871 g/mol. The second-order valence-corrected chi connectivity index (χ2v) is 21.5. The van der Waals surface area contributed by atoms with Gasteiger partial charge in [-0.05, 0) is 118 Å². The largest absolute Gasteiger partial charge is 0.394 e. The Labute approximate surface area is 359 Å². The standard InChI is InChI=1S/C45H74O16/c1-19-9-14-45(54-18-19)20(2)30-28(61-45)16-27-25-8-7-23-15-24(10-12-43(23,5)26(25)11-13-44(27,30)6)57-42-39(60-41-36(52)34(50)32(48)22(4)56-41)37(53)38(29(17-46)58-42)59-40-35(51)33(49)31(47)21(3)55-40/h19-42,46-53H,7-18H2,1-6H3/t19?,20-,21?,22?,23-,24?,25?,26?,27?,28?,29?,30?,31?,32?,33?,34?,35?,36?,37?,38?,39?,40?,41?,42?,43?,44?,45+/m0/s1. The second kappa shape index (κ2) is 16.9. The Kier molecular flexibility index (Phi) is 12.6. The maximum absolute atomic E-state index is 12.0. The number of aliphatic hydroxyl groups is 8. The molecule has 0 bridgehead atoms. The van der Waals surface area contributed by atoms with Crippen molar-refractivity contribution in [2.24, 2.45) is 52.3 Å². The van der Waals surface area contributed by atoms with E-state index < -0.39 is 105 Å². The van der Waals surface area contributed by atoms with Crippen LogP contribution in [0.25, 0.3) is 0 Å². The van der Waals surface area contributed by atoms with E-state index in [1.807, 2.05) is 0 Å². The highest BCUT2D eigenvalue weighted by molar-refractivity contribution is 5.15. The van der Waals surface area contributed by atoms with Gasteiger partial charge in [-0.25, -0.2) is 0 Å². The number of hydrogen-bond donors (Lipinski definition) is 8. The van der Waals surface area contributed by atoms with Crippen molar-refractivity contribution in [1.82, 2.24) is 0 Å². The Morgan fingerprint density at radius 1 is 0.590 bits per heavy atom. The molecule has 27 atom stereocenters. The van der Waals surface area contributed by atoms with Gasteiger partial charge in [0.2, 0.25) is 0 Å². The third-order valence-electron chi connectivity index (χ3n) is 18.2. The van der Waals surface area contributed by atoms with Gasteiger partial charge in [-0.1, -0.05) is 27.7 Å². The molecule has 16 heteroatoms. The van der Waals surface area contributed by atoms with Crippen LogP contribution in [0, 0.1) is 52.3 Å². The molecule has 61 heavy (non-hydrogen) atoms. The number of hydrogen-bond acceptors (Lipinski definition) is 16. The van der Waals surface area contributed by atoms with Crippen molar-refractivity contribution in [3.05, 3.63) is 0 Å². The predicted molar refractivity (Wildman–Crippen MR) is 213 cm³/mol. The maximum atomic E-state index is 12.0. The molecule has 350 valence electrons. The third-order valence-corrected chi connectivity index (χ3v) is 18.2. The van der Waals surface area contributed by atoms with Gasteiger partial charge in [0.1, 0.15) is 61.0 Å². The van der Waals surface area contributed by atoms with Crippen molar-refractivity contribution in [2.45, 2.75) is 216 Å². The minimum absolute atomic E-state index is 0.122. The van der Waals surface area contributed by atoms with Crippen LogP contribution in [-0.4, -0.2) is 164 Å². The number of aliphatic hydroxyl groups excluding tert-OH is 8. The normalized spacial score (nSPS) is 59.7. The van der Waals surface area contributed by atoms with Gasteiger partial charge in [0, 0.05) is 12.3 Å². The minimum atomic E-state index is -1.70. The molecular weight excluding hydrogens is 796 g/mol. The second-order valence-electron chi connectivity index (χ2n) is 21.5. The summed E-state index contributed by atoms with van der Waals surface area (Å²) in [5.41, 5.74) is 0.350. The average Bonchev–Trinajstić information content (AvgIpc) is 3.69. The van der Waals surface area contributed by atoms with E-state index in [0.717, 1.165) is 58.0 Å². The first-order valence-electron chi connectivity index (χ1n) is 23.5. The summed E-state index contributed by atoms with van der Waals surface area (Å²) in [4.78, 5) is 0. The molecule has 5 saturated heterocycles. The molecule has 5 aliphatic heterocycles. The van der Waals surface area contributed by atoms with Crippen LogP contribution in [0.5, 0.6) is 0 Å². The smallest absolute Gasteiger partial charge is 0.187 e. The van der Waals surface area contributed by atoms with E-state index in [1.165, 1.54) is 26.7 Å². The van der Waals surface area contributed by atoms with Crippen LogP contribution in [0.2, 0.25) is 0 Å². The highest BCUT2D eigenvalue weighted by Gasteiger charge is 2.69.